The van der Waals surface area contributed by atoms with Gasteiger partial charge in [0.2, 0.25) is 0 Å². The number of morpholine rings is 1. The second kappa shape index (κ2) is 4.55. The summed E-state index contributed by atoms with van der Waals surface area (Å²) in [6.45, 7) is 3.76. The van der Waals surface area contributed by atoms with Crippen LogP contribution in [0.4, 0.5) is 0 Å². The summed E-state index contributed by atoms with van der Waals surface area (Å²) < 4.78 is 7.91. The topological polar surface area (TPSA) is 39.1 Å². The van der Waals surface area contributed by atoms with Gasteiger partial charge in [0, 0.05) is 25.8 Å². The molecule has 1 saturated heterocycles. The lowest BCUT2D eigenvalue weighted by Crippen LogP contribution is -2.35. The van der Waals surface area contributed by atoms with E-state index < -0.39 is 0 Å². The van der Waals surface area contributed by atoms with Crippen molar-refractivity contribution in [2.45, 2.75) is 31.9 Å². The van der Waals surface area contributed by atoms with Crippen molar-refractivity contribution in [1.29, 1.82) is 0 Å². The molecule has 4 heteroatoms. The van der Waals surface area contributed by atoms with Crippen molar-refractivity contribution < 1.29 is 4.74 Å². The highest BCUT2D eigenvalue weighted by Crippen LogP contribution is 2.29. The molecule has 2 fully saturated rings. The SMILES string of the molecule is c1cc(C2CNCCO2)n(CC2CCC2)n1. The van der Waals surface area contributed by atoms with E-state index in [-0.39, 0.29) is 6.10 Å². The van der Waals surface area contributed by atoms with Crippen molar-refractivity contribution in [1.82, 2.24) is 15.1 Å². The van der Waals surface area contributed by atoms with Gasteiger partial charge in [-0.1, -0.05) is 6.42 Å². The molecule has 1 N–H and O–H groups in total. The van der Waals surface area contributed by atoms with Gasteiger partial charge in [-0.05, 0) is 24.8 Å². The van der Waals surface area contributed by atoms with Crippen LogP contribution in [0.25, 0.3) is 0 Å². The van der Waals surface area contributed by atoms with Gasteiger partial charge in [0.1, 0.15) is 6.10 Å². The Kier molecular flexibility index (Phi) is 2.93. The molecule has 0 spiro atoms. The van der Waals surface area contributed by atoms with E-state index in [0.717, 1.165) is 32.2 Å². The van der Waals surface area contributed by atoms with Crippen LogP contribution in [0.2, 0.25) is 0 Å². The molecular weight excluding hydrogens is 202 g/mol. The third-order valence-electron chi connectivity index (χ3n) is 3.66. The highest BCUT2D eigenvalue weighted by molar-refractivity contribution is 5.06. The molecule has 3 rings (SSSR count). The van der Waals surface area contributed by atoms with Crippen LogP contribution in [0.5, 0.6) is 0 Å². The van der Waals surface area contributed by atoms with Crippen LogP contribution >= 0.6 is 0 Å². The van der Waals surface area contributed by atoms with E-state index >= 15 is 0 Å². The fourth-order valence-electron chi connectivity index (χ4n) is 2.44. The van der Waals surface area contributed by atoms with Gasteiger partial charge in [0.25, 0.3) is 0 Å². The lowest BCUT2D eigenvalue weighted by Gasteiger charge is -2.28. The smallest absolute Gasteiger partial charge is 0.112 e. The average molecular weight is 221 g/mol. The Labute approximate surface area is 96.0 Å². The molecule has 16 heavy (non-hydrogen) atoms. The van der Waals surface area contributed by atoms with Crippen LogP contribution in [0, 0.1) is 5.92 Å². The molecule has 4 nitrogen and oxygen atoms in total. The summed E-state index contributed by atoms with van der Waals surface area (Å²) >= 11 is 0. The lowest BCUT2D eigenvalue weighted by molar-refractivity contribution is 0.0211. The first kappa shape index (κ1) is 10.3. The molecule has 1 saturated carbocycles. The molecule has 0 bridgehead atoms. The molecule has 0 radical (unpaired) electrons. The summed E-state index contributed by atoms with van der Waals surface area (Å²) in [6.07, 6.45) is 6.21. The number of aromatic nitrogens is 2. The Morgan fingerprint density at radius 2 is 2.44 bits per heavy atom. The summed E-state index contributed by atoms with van der Waals surface area (Å²) in [5, 5.41) is 7.79. The molecule has 1 aliphatic heterocycles. The summed E-state index contributed by atoms with van der Waals surface area (Å²) in [6, 6.07) is 2.09. The third-order valence-corrected chi connectivity index (χ3v) is 3.66. The highest BCUT2D eigenvalue weighted by Gasteiger charge is 2.23. The van der Waals surface area contributed by atoms with Crippen LogP contribution in [0.15, 0.2) is 12.3 Å². The average Bonchev–Trinajstić information content (AvgIpc) is 2.73. The van der Waals surface area contributed by atoms with Gasteiger partial charge >= 0.3 is 0 Å². The van der Waals surface area contributed by atoms with Crippen molar-refractivity contribution in [3.8, 4) is 0 Å². The van der Waals surface area contributed by atoms with E-state index in [4.69, 9.17) is 4.74 Å². The molecule has 1 unspecified atom stereocenters. The van der Waals surface area contributed by atoms with Crippen molar-refractivity contribution in [3.63, 3.8) is 0 Å². The summed E-state index contributed by atoms with van der Waals surface area (Å²) in [4.78, 5) is 0. The van der Waals surface area contributed by atoms with Crippen LogP contribution in [-0.4, -0.2) is 29.5 Å². The molecule has 1 aromatic rings. The van der Waals surface area contributed by atoms with E-state index in [1.807, 2.05) is 6.20 Å². The maximum absolute atomic E-state index is 5.77. The fraction of sp³-hybridized carbons (Fsp3) is 0.750. The number of hydrogen-bond acceptors (Lipinski definition) is 3. The highest BCUT2D eigenvalue weighted by atomic mass is 16.5. The number of nitrogens with zero attached hydrogens (tertiary/aromatic N) is 2. The van der Waals surface area contributed by atoms with Gasteiger partial charge in [-0.3, -0.25) is 4.68 Å². The Morgan fingerprint density at radius 1 is 1.50 bits per heavy atom. The van der Waals surface area contributed by atoms with E-state index in [9.17, 15) is 0 Å². The van der Waals surface area contributed by atoms with Crippen LogP contribution in [0.3, 0.4) is 0 Å². The summed E-state index contributed by atoms with van der Waals surface area (Å²) in [5.74, 6) is 0.843. The minimum absolute atomic E-state index is 0.191. The minimum Gasteiger partial charge on any atom is -0.369 e. The molecule has 0 amide bonds. The Hall–Kier alpha value is -0.870. The molecule has 1 aromatic heterocycles. The van der Waals surface area contributed by atoms with Crippen molar-refractivity contribution in [3.05, 3.63) is 18.0 Å². The maximum atomic E-state index is 5.77. The van der Waals surface area contributed by atoms with Crippen LogP contribution in [0.1, 0.15) is 31.1 Å². The second-order valence-electron chi connectivity index (χ2n) is 4.80. The maximum Gasteiger partial charge on any atom is 0.112 e. The predicted molar refractivity (Wildman–Crippen MR) is 61.1 cm³/mol. The zero-order valence-corrected chi connectivity index (χ0v) is 9.56. The van der Waals surface area contributed by atoms with E-state index in [1.165, 1.54) is 25.0 Å². The monoisotopic (exact) mass is 221 g/mol. The molecule has 1 atom stereocenters. The van der Waals surface area contributed by atoms with Crippen LogP contribution < -0.4 is 5.32 Å². The molecule has 0 aromatic carbocycles. The number of rotatable bonds is 3. The van der Waals surface area contributed by atoms with Crippen molar-refractivity contribution in [2.75, 3.05) is 19.7 Å². The van der Waals surface area contributed by atoms with Gasteiger partial charge in [-0.2, -0.15) is 5.10 Å². The Bertz CT molecular complexity index is 340. The normalized spacial score (nSPS) is 26.6. The van der Waals surface area contributed by atoms with E-state index in [1.54, 1.807) is 0 Å². The van der Waals surface area contributed by atoms with Crippen LogP contribution in [-0.2, 0) is 11.3 Å². The van der Waals surface area contributed by atoms with Gasteiger partial charge in [0.15, 0.2) is 0 Å². The summed E-state index contributed by atoms with van der Waals surface area (Å²) in [5.41, 5.74) is 1.24. The first-order valence-electron chi connectivity index (χ1n) is 6.27. The predicted octanol–water partition coefficient (Wildman–Crippen LogP) is 1.34. The number of ether oxygens (including phenoxy) is 1. The molecule has 2 aliphatic rings. The minimum atomic E-state index is 0.191. The van der Waals surface area contributed by atoms with Crippen molar-refractivity contribution in [2.24, 2.45) is 5.92 Å². The first-order chi connectivity index (χ1) is 7.93. The first-order valence-corrected chi connectivity index (χ1v) is 6.27. The lowest BCUT2D eigenvalue weighted by atomic mass is 9.85. The number of nitrogens with one attached hydrogen (secondary N) is 1. The second-order valence-corrected chi connectivity index (χ2v) is 4.80. The Balaban J connectivity index is 1.70. The molecule has 88 valence electrons. The van der Waals surface area contributed by atoms with Crippen molar-refractivity contribution >= 4 is 0 Å². The quantitative estimate of drug-likeness (QED) is 0.837. The zero-order chi connectivity index (χ0) is 10.8. The van der Waals surface area contributed by atoms with Gasteiger partial charge in [0.05, 0.1) is 12.3 Å². The van der Waals surface area contributed by atoms with Gasteiger partial charge < -0.3 is 10.1 Å². The van der Waals surface area contributed by atoms with Gasteiger partial charge in [-0.15, -0.1) is 0 Å². The molecule has 1 aliphatic carbocycles. The largest absolute Gasteiger partial charge is 0.369 e. The number of hydrogen-bond donors (Lipinski definition) is 1. The molecular formula is C12H19N3O. The third kappa shape index (κ3) is 1.99. The standard InChI is InChI=1S/C12H19N3O/c1-2-10(3-1)9-15-11(4-5-14-15)12-8-13-6-7-16-12/h4-5,10,12-13H,1-3,6-9H2. The van der Waals surface area contributed by atoms with E-state index in [0.29, 0.717) is 0 Å². The van der Waals surface area contributed by atoms with Gasteiger partial charge in [-0.25, -0.2) is 0 Å². The molecule has 2 heterocycles. The fourth-order valence-corrected chi connectivity index (χ4v) is 2.44. The summed E-state index contributed by atoms with van der Waals surface area (Å²) in [7, 11) is 0. The Morgan fingerprint density at radius 3 is 3.12 bits per heavy atom. The zero-order valence-electron chi connectivity index (χ0n) is 9.56. The van der Waals surface area contributed by atoms with E-state index in [2.05, 4.69) is 21.2 Å².